The van der Waals surface area contributed by atoms with E-state index in [1.54, 1.807) is 6.20 Å². The van der Waals surface area contributed by atoms with E-state index in [4.69, 9.17) is 0 Å². The quantitative estimate of drug-likeness (QED) is 0.768. The van der Waals surface area contributed by atoms with Crippen LogP contribution in [0.2, 0.25) is 0 Å². The molecular formula is C16H15BrN4. The van der Waals surface area contributed by atoms with Crippen molar-refractivity contribution in [3.05, 3.63) is 76.7 Å². The lowest BCUT2D eigenvalue weighted by Crippen LogP contribution is -2.01. The van der Waals surface area contributed by atoms with Gasteiger partial charge in [0.15, 0.2) is 0 Å². The average molecular weight is 343 g/mol. The maximum absolute atomic E-state index is 4.39. The van der Waals surface area contributed by atoms with Gasteiger partial charge in [-0.05, 0) is 33.6 Å². The molecule has 0 aliphatic carbocycles. The van der Waals surface area contributed by atoms with Gasteiger partial charge >= 0.3 is 0 Å². The van der Waals surface area contributed by atoms with E-state index in [0.717, 1.165) is 22.4 Å². The first-order valence-corrected chi connectivity index (χ1v) is 7.49. The van der Waals surface area contributed by atoms with Gasteiger partial charge < -0.3 is 5.32 Å². The molecule has 0 aliphatic rings. The molecule has 0 fully saturated rings. The minimum absolute atomic E-state index is 0.712. The number of aromatic nitrogens is 3. The number of rotatable bonds is 5. The first-order valence-electron chi connectivity index (χ1n) is 6.70. The van der Waals surface area contributed by atoms with Gasteiger partial charge in [-0.3, -0.25) is 4.68 Å². The van der Waals surface area contributed by atoms with Crippen LogP contribution >= 0.6 is 15.9 Å². The molecule has 1 aromatic carbocycles. The summed E-state index contributed by atoms with van der Waals surface area (Å²) in [5, 5.41) is 7.67. The number of benzene rings is 1. The van der Waals surface area contributed by atoms with E-state index in [1.807, 2.05) is 41.2 Å². The Labute approximate surface area is 132 Å². The van der Waals surface area contributed by atoms with Crippen LogP contribution in [0, 0.1) is 0 Å². The molecule has 1 N–H and O–H groups in total. The molecule has 3 rings (SSSR count). The van der Waals surface area contributed by atoms with Crippen molar-refractivity contribution in [1.82, 2.24) is 14.8 Å². The third kappa shape index (κ3) is 3.92. The lowest BCUT2D eigenvalue weighted by Gasteiger charge is -2.03. The zero-order valence-electron chi connectivity index (χ0n) is 11.4. The van der Waals surface area contributed by atoms with Crippen molar-refractivity contribution in [3.63, 3.8) is 0 Å². The highest BCUT2D eigenvalue weighted by atomic mass is 79.9. The van der Waals surface area contributed by atoms with Crippen molar-refractivity contribution in [3.8, 4) is 0 Å². The van der Waals surface area contributed by atoms with Crippen molar-refractivity contribution in [2.24, 2.45) is 0 Å². The largest absolute Gasteiger partial charge is 0.366 e. The van der Waals surface area contributed by atoms with E-state index in [0.29, 0.717) is 6.54 Å². The highest BCUT2D eigenvalue weighted by molar-refractivity contribution is 9.10. The molecular weight excluding hydrogens is 328 g/mol. The minimum Gasteiger partial charge on any atom is -0.366 e. The summed E-state index contributed by atoms with van der Waals surface area (Å²) >= 11 is 3.37. The smallest absolute Gasteiger partial charge is 0.126 e. The van der Waals surface area contributed by atoms with Crippen molar-refractivity contribution in [2.45, 2.75) is 13.1 Å². The van der Waals surface area contributed by atoms with Crippen molar-refractivity contribution >= 4 is 21.7 Å². The van der Waals surface area contributed by atoms with Crippen LogP contribution in [0.3, 0.4) is 0 Å². The lowest BCUT2D eigenvalue weighted by atomic mass is 10.2. The first-order chi connectivity index (χ1) is 10.3. The highest BCUT2D eigenvalue weighted by Crippen LogP contribution is 2.11. The molecule has 0 spiro atoms. The minimum atomic E-state index is 0.712. The van der Waals surface area contributed by atoms with Gasteiger partial charge in [-0.2, -0.15) is 5.10 Å². The van der Waals surface area contributed by atoms with Gasteiger partial charge in [0.05, 0.1) is 12.7 Å². The van der Waals surface area contributed by atoms with Gasteiger partial charge in [0, 0.05) is 29.0 Å². The van der Waals surface area contributed by atoms with Crippen LogP contribution in [0.5, 0.6) is 0 Å². The summed E-state index contributed by atoms with van der Waals surface area (Å²) in [4.78, 5) is 4.28. The molecule has 0 bridgehead atoms. The SMILES string of the molecule is Brc1ccc(NCc2cnn(Cc3ccccc3)c2)nc1. The standard InChI is InChI=1S/C16H15BrN4/c17-15-6-7-16(19-10-15)18-8-14-9-20-21(12-14)11-13-4-2-1-3-5-13/h1-7,9-10,12H,8,11H2,(H,18,19). The molecule has 0 amide bonds. The van der Waals surface area contributed by atoms with Crippen molar-refractivity contribution in [2.75, 3.05) is 5.32 Å². The fraction of sp³-hybridized carbons (Fsp3) is 0.125. The summed E-state index contributed by atoms with van der Waals surface area (Å²) < 4.78 is 2.92. The normalized spacial score (nSPS) is 10.5. The molecule has 0 saturated carbocycles. The maximum atomic E-state index is 4.39. The zero-order valence-corrected chi connectivity index (χ0v) is 13.0. The fourth-order valence-electron chi connectivity index (χ4n) is 2.03. The van der Waals surface area contributed by atoms with Gasteiger partial charge in [0.2, 0.25) is 0 Å². The van der Waals surface area contributed by atoms with Crippen LogP contribution in [0.1, 0.15) is 11.1 Å². The number of anilines is 1. The van der Waals surface area contributed by atoms with Gasteiger partial charge in [-0.1, -0.05) is 30.3 Å². The second-order valence-corrected chi connectivity index (χ2v) is 5.66. The Morgan fingerprint density at radius 2 is 1.86 bits per heavy atom. The van der Waals surface area contributed by atoms with Crippen LogP contribution in [-0.2, 0) is 13.1 Å². The number of nitrogens with one attached hydrogen (secondary N) is 1. The molecule has 0 aliphatic heterocycles. The maximum Gasteiger partial charge on any atom is 0.126 e. The molecule has 106 valence electrons. The van der Waals surface area contributed by atoms with Crippen LogP contribution in [0.15, 0.2) is 65.5 Å². The Hall–Kier alpha value is -2.14. The molecule has 0 radical (unpaired) electrons. The Morgan fingerprint density at radius 3 is 2.62 bits per heavy atom. The number of nitrogens with zero attached hydrogens (tertiary/aromatic N) is 3. The number of pyridine rings is 1. The van der Waals surface area contributed by atoms with E-state index in [9.17, 15) is 0 Å². The molecule has 2 aromatic heterocycles. The van der Waals surface area contributed by atoms with Gasteiger partial charge in [0.1, 0.15) is 5.82 Å². The zero-order chi connectivity index (χ0) is 14.5. The van der Waals surface area contributed by atoms with Crippen LogP contribution in [0.4, 0.5) is 5.82 Å². The van der Waals surface area contributed by atoms with Gasteiger partial charge in [0.25, 0.3) is 0 Å². The second kappa shape index (κ2) is 6.54. The first kappa shape index (κ1) is 13.8. The summed E-state index contributed by atoms with van der Waals surface area (Å²) in [6.45, 7) is 1.50. The predicted octanol–water partition coefficient (Wildman–Crippen LogP) is 3.70. The number of hydrogen-bond donors (Lipinski definition) is 1. The summed E-state index contributed by atoms with van der Waals surface area (Å²) in [6.07, 6.45) is 5.72. The van der Waals surface area contributed by atoms with Gasteiger partial charge in [-0.25, -0.2) is 4.98 Å². The third-order valence-corrected chi connectivity index (χ3v) is 3.54. The molecule has 5 heteroatoms. The molecule has 0 unspecified atom stereocenters. The van der Waals surface area contributed by atoms with Gasteiger partial charge in [-0.15, -0.1) is 0 Å². The summed E-state index contributed by atoms with van der Waals surface area (Å²) in [5.41, 5.74) is 2.38. The van der Waals surface area contributed by atoms with Crippen molar-refractivity contribution in [1.29, 1.82) is 0 Å². The van der Waals surface area contributed by atoms with Crippen molar-refractivity contribution < 1.29 is 0 Å². The monoisotopic (exact) mass is 342 g/mol. The molecule has 3 aromatic rings. The third-order valence-electron chi connectivity index (χ3n) is 3.08. The molecule has 0 atom stereocenters. The van der Waals surface area contributed by atoms with E-state index < -0.39 is 0 Å². The number of halogens is 1. The van der Waals surface area contributed by atoms with E-state index in [-0.39, 0.29) is 0 Å². The molecule has 0 saturated heterocycles. The van der Waals surface area contributed by atoms with Crippen LogP contribution in [0.25, 0.3) is 0 Å². The highest BCUT2D eigenvalue weighted by Gasteiger charge is 2.00. The Balaban J connectivity index is 1.59. The Bertz CT molecular complexity index is 692. The van der Waals surface area contributed by atoms with E-state index in [2.05, 4.69) is 49.7 Å². The Morgan fingerprint density at radius 1 is 1.00 bits per heavy atom. The molecule has 4 nitrogen and oxygen atoms in total. The summed E-state index contributed by atoms with van der Waals surface area (Å²) in [5.74, 6) is 0.856. The predicted molar refractivity (Wildman–Crippen MR) is 87.0 cm³/mol. The topological polar surface area (TPSA) is 42.7 Å². The second-order valence-electron chi connectivity index (χ2n) is 4.75. The van der Waals surface area contributed by atoms with Crippen LogP contribution in [-0.4, -0.2) is 14.8 Å². The number of hydrogen-bond acceptors (Lipinski definition) is 3. The summed E-state index contributed by atoms with van der Waals surface area (Å²) in [6, 6.07) is 14.2. The van der Waals surface area contributed by atoms with E-state index >= 15 is 0 Å². The molecule has 2 heterocycles. The lowest BCUT2D eigenvalue weighted by molar-refractivity contribution is 0.686. The van der Waals surface area contributed by atoms with Crippen LogP contribution < -0.4 is 5.32 Å². The fourth-order valence-corrected chi connectivity index (χ4v) is 2.26. The summed E-state index contributed by atoms with van der Waals surface area (Å²) in [7, 11) is 0. The average Bonchev–Trinajstić information content (AvgIpc) is 2.95. The Kier molecular flexibility index (Phi) is 4.31. The molecule has 21 heavy (non-hydrogen) atoms. The van der Waals surface area contributed by atoms with E-state index in [1.165, 1.54) is 5.56 Å².